The largest absolute Gasteiger partial charge is 0.493 e. The summed E-state index contributed by atoms with van der Waals surface area (Å²) in [6, 6.07) is 8.46. The van der Waals surface area contributed by atoms with E-state index < -0.39 is 0 Å². The number of likely N-dealkylation sites (N-methyl/N-ethyl adjacent to an activating group) is 1. The molecule has 1 fully saturated rings. The Morgan fingerprint density at radius 1 is 1.30 bits per heavy atom. The lowest BCUT2D eigenvalue weighted by molar-refractivity contribution is 0.0937. The van der Waals surface area contributed by atoms with Crippen LogP contribution in [-0.4, -0.2) is 36.7 Å². The molecule has 0 radical (unpaired) electrons. The van der Waals surface area contributed by atoms with E-state index in [1.54, 1.807) is 0 Å². The van der Waals surface area contributed by atoms with Crippen molar-refractivity contribution in [3.05, 3.63) is 29.8 Å². The molecule has 3 heteroatoms. The standard InChI is InChI=1S/C17H26N2O/c1-2-19(17(13-18)9-5-6-10-17)11-14-12-20-16-8-4-3-7-15(14)16/h3-4,7-8,14H,2,5-6,9-13,18H2,1H3. The van der Waals surface area contributed by atoms with Crippen molar-refractivity contribution in [3.8, 4) is 5.75 Å². The van der Waals surface area contributed by atoms with Gasteiger partial charge in [-0.15, -0.1) is 0 Å². The van der Waals surface area contributed by atoms with Crippen LogP contribution in [0.2, 0.25) is 0 Å². The first-order chi connectivity index (χ1) is 9.79. The van der Waals surface area contributed by atoms with Crippen LogP contribution in [0, 0.1) is 0 Å². The molecule has 3 nitrogen and oxygen atoms in total. The summed E-state index contributed by atoms with van der Waals surface area (Å²) in [5, 5.41) is 0. The Morgan fingerprint density at radius 3 is 2.75 bits per heavy atom. The minimum absolute atomic E-state index is 0.242. The number of hydrogen-bond acceptors (Lipinski definition) is 3. The second kappa shape index (κ2) is 5.74. The molecule has 2 N–H and O–H groups in total. The number of benzene rings is 1. The second-order valence-corrected chi connectivity index (χ2v) is 6.22. The third kappa shape index (κ3) is 2.33. The molecule has 20 heavy (non-hydrogen) atoms. The maximum Gasteiger partial charge on any atom is 0.122 e. The van der Waals surface area contributed by atoms with Gasteiger partial charge < -0.3 is 10.5 Å². The predicted octanol–water partition coefficient (Wildman–Crippen LogP) is 2.76. The first-order valence-corrected chi connectivity index (χ1v) is 7.96. The molecule has 0 bridgehead atoms. The number of ether oxygens (including phenoxy) is 1. The van der Waals surface area contributed by atoms with Gasteiger partial charge in [0.2, 0.25) is 0 Å². The third-order valence-corrected chi connectivity index (χ3v) is 5.21. The van der Waals surface area contributed by atoms with E-state index in [1.165, 1.54) is 31.2 Å². The lowest BCUT2D eigenvalue weighted by atomic mass is 9.92. The van der Waals surface area contributed by atoms with Crippen LogP contribution in [0.4, 0.5) is 0 Å². The van der Waals surface area contributed by atoms with E-state index >= 15 is 0 Å². The Bertz CT molecular complexity index is 454. The molecule has 1 atom stereocenters. The predicted molar refractivity (Wildman–Crippen MR) is 82.2 cm³/mol. The molecule has 1 aliphatic heterocycles. The van der Waals surface area contributed by atoms with Gasteiger partial charge in [-0.3, -0.25) is 4.90 Å². The van der Waals surface area contributed by atoms with Gasteiger partial charge in [0.05, 0.1) is 6.61 Å². The van der Waals surface area contributed by atoms with E-state index in [9.17, 15) is 0 Å². The molecule has 1 aliphatic carbocycles. The van der Waals surface area contributed by atoms with Crippen molar-refractivity contribution in [3.63, 3.8) is 0 Å². The Morgan fingerprint density at radius 2 is 2.05 bits per heavy atom. The zero-order valence-electron chi connectivity index (χ0n) is 12.5. The molecule has 3 rings (SSSR count). The Kier molecular flexibility index (Phi) is 3.99. The van der Waals surface area contributed by atoms with Crippen LogP contribution in [-0.2, 0) is 0 Å². The number of hydrogen-bond donors (Lipinski definition) is 1. The van der Waals surface area contributed by atoms with Crippen molar-refractivity contribution in [1.29, 1.82) is 0 Å². The number of fused-ring (bicyclic) bond motifs is 1. The van der Waals surface area contributed by atoms with Gasteiger partial charge in [-0.25, -0.2) is 0 Å². The number of para-hydroxylation sites is 1. The van der Waals surface area contributed by atoms with Crippen LogP contribution < -0.4 is 10.5 Å². The van der Waals surface area contributed by atoms with Gasteiger partial charge in [0.25, 0.3) is 0 Å². The van der Waals surface area contributed by atoms with Gasteiger partial charge in [0, 0.05) is 30.1 Å². The van der Waals surface area contributed by atoms with Crippen molar-refractivity contribution >= 4 is 0 Å². The average Bonchev–Trinajstić information content (AvgIpc) is 3.12. The topological polar surface area (TPSA) is 38.5 Å². The zero-order chi connectivity index (χ0) is 14.0. The van der Waals surface area contributed by atoms with E-state index in [0.717, 1.165) is 32.0 Å². The van der Waals surface area contributed by atoms with Crippen molar-refractivity contribution < 1.29 is 4.74 Å². The summed E-state index contributed by atoms with van der Waals surface area (Å²) in [6.45, 7) is 6.02. The second-order valence-electron chi connectivity index (χ2n) is 6.22. The molecule has 1 heterocycles. The van der Waals surface area contributed by atoms with Gasteiger partial charge in [-0.1, -0.05) is 38.0 Å². The fraction of sp³-hybridized carbons (Fsp3) is 0.647. The highest BCUT2D eigenvalue weighted by molar-refractivity contribution is 5.39. The molecule has 2 aliphatic rings. The van der Waals surface area contributed by atoms with Gasteiger partial charge in [-0.2, -0.15) is 0 Å². The van der Waals surface area contributed by atoms with E-state index in [1.807, 2.05) is 0 Å². The third-order valence-electron chi connectivity index (χ3n) is 5.21. The van der Waals surface area contributed by atoms with Crippen LogP contribution in [0.1, 0.15) is 44.1 Å². The van der Waals surface area contributed by atoms with E-state index in [2.05, 4.69) is 36.1 Å². The lowest BCUT2D eigenvalue weighted by Gasteiger charge is -2.41. The fourth-order valence-corrected chi connectivity index (χ4v) is 3.99. The van der Waals surface area contributed by atoms with Crippen LogP contribution in [0.5, 0.6) is 5.75 Å². The van der Waals surface area contributed by atoms with E-state index in [0.29, 0.717) is 5.92 Å². The molecule has 0 spiro atoms. The van der Waals surface area contributed by atoms with Crippen molar-refractivity contribution in [2.45, 2.75) is 44.1 Å². The fourth-order valence-electron chi connectivity index (χ4n) is 3.99. The molecule has 1 aromatic rings. The van der Waals surface area contributed by atoms with Gasteiger partial charge in [0.15, 0.2) is 0 Å². The highest BCUT2D eigenvalue weighted by Crippen LogP contribution is 2.39. The number of nitrogens with zero attached hydrogens (tertiary/aromatic N) is 1. The van der Waals surface area contributed by atoms with Crippen LogP contribution >= 0.6 is 0 Å². The molecule has 110 valence electrons. The summed E-state index contributed by atoms with van der Waals surface area (Å²) in [5.41, 5.74) is 7.75. The van der Waals surface area contributed by atoms with Crippen molar-refractivity contribution in [1.82, 2.24) is 4.90 Å². The van der Waals surface area contributed by atoms with Crippen LogP contribution in [0.15, 0.2) is 24.3 Å². The van der Waals surface area contributed by atoms with E-state index in [-0.39, 0.29) is 5.54 Å². The Hall–Kier alpha value is -1.06. The maximum absolute atomic E-state index is 6.14. The summed E-state index contributed by atoms with van der Waals surface area (Å²) in [4.78, 5) is 2.62. The normalized spacial score (nSPS) is 23.9. The summed E-state index contributed by atoms with van der Waals surface area (Å²) >= 11 is 0. The zero-order valence-corrected chi connectivity index (χ0v) is 12.5. The molecule has 0 amide bonds. The first kappa shape index (κ1) is 13.9. The minimum Gasteiger partial charge on any atom is -0.493 e. The number of rotatable bonds is 5. The van der Waals surface area contributed by atoms with Crippen LogP contribution in [0.3, 0.4) is 0 Å². The lowest BCUT2D eigenvalue weighted by Crippen LogP contribution is -2.53. The van der Waals surface area contributed by atoms with Crippen LogP contribution in [0.25, 0.3) is 0 Å². The molecule has 0 aromatic heterocycles. The summed E-state index contributed by atoms with van der Waals surface area (Å²) in [5.74, 6) is 1.57. The first-order valence-electron chi connectivity index (χ1n) is 7.96. The monoisotopic (exact) mass is 274 g/mol. The minimum atomic E-state index is 0.242. The van der Waals surface area contributed by atoms with Gasteiger partial charge >= 0.3 is 0 Å². The quantitative estimate of drug-likeness (QED) is 0.897. The molecular weight excluding hydrogens is 248 g/mol. The van der Waals surface area contributed by atoms with Crippen molar-refractivity contribution in [2.24, 2.45) is 5.73 Å². The Balaban J connectivity index is 1.76. The number of nitrogens with two attached hydrogens (primary N) is 1. The summed E-state index contributed by atoms with van der Waals surface area (Å²) in [7, 11) is 0. The Labute approximate surface area is 122 Å². The smallest absolute Gasteiger partial charge is 0.122 e. The molecule has 1 unspecified atom stereocenters. The highest BCUT2D eigenvalue weighted by atomic mass is 16.5. The maximum atomic E-state index is 6.14. The van der Waals surface area contributed by atoms with Gasteiger partial charge in [0.1, 0.15) is 5.75 Å². The van der Waals surface area contributed by atoms with Crippen molar-refractivity contribution in [2.75, 3.05) is 26.2 Å². The SMILES string of the molecule is CCN(CC1COc2ccccc21)C1(CN)CCCC1. The highest BCUT2D eigenvalue weighted by Gasteiger charge is 2.39. The van der Waals surface area contributed by atoms with Gasteiger partial charge in [-0.05, 0) is 25.5 Å². The molecule has 1 aromatic carbocycles. The van der Waals surface area contributed by atoms with E-state index in [4.69, 9.17) is 10.5 Å². The molecular formula is C17H26N2O. The summed E-state index contributed by atoms with van der Waals surface area (Å²) < 4.78 is 5.83. The molecule has 0 saturated heterocycles. The average molecular weight is 274 g/mol. The summed E-state index contributed by atoms with van der Waals surface area (Å²) in [6.07, 6.45) is 5.16. The molecule has 1 saturated carbocycles.